The quantitative estimate of drug-likeness (QED) is 0.780. The Bertz CT molecular complexity index is 859. The van der Waals surface area contributed by atoms with Crippen LogP contribution in [0.15, 0.2) is 65.5 Å². The highest BCUT2D eigenvalue weighted by Crippen LogP contribution is 2.20. The van der Waals surface area contributed by atoms with Gasteiger partial charge >= 0.3 is 0 Å². The zero-order valence-corrected chi connectivity index (χ0v) is 14.2. The van der Waals surface area contributed by atoms with Crippen molar-refractivity contribution in [2.45, 2.75) is 0 Å². The van der Waals surface area contributed by atoms with Crippen LogP contribution in [0.3, 0.4) is 0 Å². The topological polar surface area (TPSA) is 74.5 Å². The van der Waals surface area contributed by atoms with Crippen LogP contribution >= 0.6 is 0 Å². The summed E-state index contributed by atoms with van der Waals surface area (Å²) in [6, 6.07) is 15.5. The maximum absolute atomic E-state index is 12.1. The van der Waals surface area contributed by atoms with Gasteiger partial charge in [-0.05, 0) is 24.3 Å². The van der Waals surface area contributed by atoms with E-state index in [0.717, 1.165) is 32.0 Å². The van der Waals surface area contributed by atoms with Crippen molar-refractivity contribution in [2.24, 2.45) is 0 Å². The highest BCUT2D eigenvalue weighted by atomic mass is 16.3. The lowest BCUT2D eigenvalue weighted by Gasteiger charge is -2.36. The van der Waals surface area contributed by atoms with Crippen LogP contribution in [0, 0.1) is 0 Å². The van der Waals surface area contributed by atoms with Crippen molar-refractivity contribution in [3.8, 4) is 0 Å². The van der Waals surface area contributed by atoms with Gasteiger partial charge in [0.25, 0.3) is 5.91 Å². The average Bonchev–Trinajstić information content (AvgIpc) is 3.24. The minimum absolute atomic E-state index is 0.252. The molecule has 132 valence electrons. The van der Waals surface area contributed by atoms with Gasteiger partial charge < -0.3 is 19.5 Å². The first kappa shape index (κ1) is 16.1. The third kappa shape index (κ3) is 3.51. The van der Waals surface area contributed by atoms with Gasteiger partial charge in [0.2, 0.25) is 0 Å². The van der Waals surface area contributed by atoms with Gasteiger partial charge in [-0.1, -0.05) is 18.2 Å². The van der Waals surface area contributed by atoms with Crippen molar-refractivity contribution in [3.05, 3.63) is 66.9 Å². The number of carbonyl (C=O) groups excluding carboxylic acids is 1. The van der Waals surface area contributed by atoms with Gasteiger partial charge in [-0.15, -0.1) is 0 Å². The molecule has 1 saturated heterocycles. The standard InChI is InChI=1S/C19H19N5O2/c25-19(16-7-4-12-26-16)22-17-13-18(21-14-20-17)24-10-8-23(9-11-24)15-5-2-1-3-6-15/h1-7,12-14H,8-11H2,(H,20,21,22,25). The van der Waals surface area contributed by atoms with Gasteiger partial charge in [0, 0.05) is 37.9 Å². The van der Waals surface area contributed by atoms with Crippen LogP contribution in [-0.4, -0.2) is 42.1 Å². The van der Waals surface area contributed by atoms with E-state index >= 15 is 0 Å². The zero-order chi connectivity index (χ0) is 17.8. The van der Waals surface area contributed by atoms with Crippen molar-refractivity contribution in [2.75, 3.05) is 41.3 Å². The van der Waals surface area contributed by atoms with Gasteiger partial charge in [0.15, 0.2) is 5.76 Å². The molecule has 0 atom stereocenters. The molecule has 0 saturated carbocycles. The van der Waals surface area contributed by atoms with Crippen molar-refractivity contribution in [3.63, 3.8) is 0 Å². The number of benzene rings is 1. The van der Waals surface area contributed by atoms with Crippen molar-refractivity contribution >= 4 is 23.2 Å². The molecule has 26 heavy (non-hydrogen) atoms. The second-order valence-corrected chi connectivity index (χ2v) is 6.00. The molecule has 0 aliphatic carbocycles. The SMILES string of the molecule is O=C(Nc1cc(N2CCN(c3ccccc3)CC2)ncn1)c1ccco1. The number of para-hydroxylation sites is 1. The number of furan rings is 1. The van der Waals surface area contributed by atoms with Crippen LogP contribution in [0.4, 0.5) is 17.3 Å². The van der Waals surface area contributed by atoms with E-state index in [9.17, 15) is 4.79 Å². The molecule has 1 amide bonds. The number of hydrogen-bond donors (Lipinski definition) is 1. The second-order valence-electron chi connectivity index (χ2n) is 6.00. The highest BCUT2D eigenvalue weighted by Gasteiger charge is 2.19. The molecule has 0 spiro atoms. The van der Waals surface area contributed by atoms with Gasteiger partial charge in [-0.25, -0.2) is 9.97 Å². The second kappa shape index (κ2) is 7.26. The molecule has 7 nitrogen and oxygen atoms in total. The van der Waals surface area contributed by atoms with Crippen LogP contribution in [-0.2, 0) is 0 Å². The monoisotopic (exact) mass is 349 g/mol. The predicted octanol–water partition coefficient (Wildman–Crippen LogP) is 2.65. The number of rotatable bonds is 4. The molecule has 2 aromatic heterocycles. The third-order valence-corrected chi connectivity index (χ3v) is 4.36. The summed E-state index contributed by atoms with van der Waals surface area (Å²) in [4.78, 5) is 25.1. The van der Waals surface area contributed by atoms with Crippen LogP contribution in [0.2, 0.25) is 0 Å². The number of amides is 1. The third-order valence-electron chi connectivity index (χ3n) is 4.36. The fourth-order valence-corrected chi connectivity index (χ4v) is 3.01. The van der Waals surface area contributed by atoms with Crippen LogP contribution in [0.5, 0.6) is 0 Å². The van der Waals surface area contributed by atoms with E-state index in [0.29, 0.717) is 5.82 Å². The number of nitrogens with zero attached hydrogens (tertiary/aromatic N) is 4. The van der Waals surface area contributed by atoms with Crippen LogP contribution in [0.25, 0.3) is 0 Å². The Balaban J connectivity index is 1.40. The Morgan fingerprint density at radius 3 is 2.46 bits per heavy atom. The summed E-state index contributed by atoms with van der Waals surface area (Å²) in [5.74, 6) is 1.19. The molecular weight excluding hydrogens is 330 g/mol. The molecule has 7 heteroatoms. The molecule has 1 fully saturated rings. The van der Waals surface area contributed by atoms with E-state index in [1.54, 1.807) is 18.2 Å². The number of hydrogen-bond acceptors (Lipinski definition) is 6. The summed E-state index contributed by atoms with van der Waals surface area (Å²) in [5.41, 5.74) is 1.24. The molecule has 1 aromatic carbocycles. The van der Waals surface area contributed by atoms with Crippen LogP contribution in [0.1, 0.15) is 10.6 Å². The Morgan fingerprint density at radius 1 is 0.962 bits per heavy atom. The average molecular weight is 349 g/mol. The lowest BCUT2D eigenvalue weighted by atomic mass is 10.2. The Hall–Kier alpha value is -3.35. The molecule has 3 heterocycles. The normalized spacial score (nSPS) is 14.3. The van der Waals surface area contributed by atoms with E-state index in [2.05, 4.69) is 49.4 Å². The molecular formula is C19H19N5O2. The molecule has 0 radical (unpaired) electrons. The predicted molar refractivity (Wildman–Crippen MR) is 99.6 cm³/mol. The molecule has 4 rings (SSSR count). The van der Waals surface area contributed by atoms with Gasteiger partial charge in [0.05, 0.1) is 6.26 Å². The first-order chi connectivity index (χ1) is 12.8. The Morgan fingerprint density at radius 2 is 1.73 bits per heavy atom. The molecule has 1 aliphatic rings. The highest BCUT2D eigenvalue weighted by molar-refractivity contribution is 6.01. The summed E-state index contributed by atoms with van der Waals surface area (Å²) in [5, 5.41) is 2.74. The molecule has 3 aromatic rings. The molecule has 0 unspecified atom stereocenters. The summed E-state index contributed by atoms with van der Waals surface area (Å²) in [6.45, 7) is 3.55. The first-order valence-corrected chi connectivity index (χ1v) is 8.51. The fourth-order valence-electron chi connectivity index (χ4n) is 3.01. The first-order valence-electron chi connectivity index (χ1n) is 8.51. The summed E-state index contributed by atoms with van der Waals surface area (Å²) in [6.07, 6.45) is 2.93. The molecule has 0 bridgehead atoms. The van der Waals surface area contributed by atoms with Gasteiger partial charge in [0.1, 0.15) is 18.0 Å². The number of aromatic nitrogens is 2. The number of piperazine rings is 1. The maximum atomic E-state index is 12.1. The van der Waals surface area contributed by atoms with Crippen LogP contribution < -0.4 is 15.1 Å². The van der Waals surface area contributed by atoms with Crippen molar-refractivity contribution in [1.82, 2.24) is 9.97 Å². The lowest BCUT2D eigenvalue weighted by Crippen LogP contribution is -2.46. The Labute approximate surface area is 151 Å². The summed E-state index contributed by atoms with van der Waals surface area (Å²) >= 11 is 0. The zero-order valence-electron chi connectivity index (χ0n) is 14.2. The Kier molecular flexibility index (Phi) is 4.51. The number of nitrogens with one attached hydrogen (secondary N) is 1. The summed E-state index contributed by atoms with van der Waals surface area (Å²) in [7, 11) is 0. The minimum atomic E-state index is -0.325. The van der Waals surface area contributed by atoms with E-state index in [1.165, 1.54) is 18.3 Å². The lowest BCUT2D eigenvalue weighted by molar-refractivity contribution is 0.0996. The smallest absolute Gasteiger partial charge is 0.292 e. The van der Waals surface area contributed by atoms with Gasteiger partial charge in [-0.2, -0.15) is 0 Å². The largest absolute Gasteiger partial charge is 0.459 e. The van der Waals surface area contributed by atoms with E-state index in [-0.39, 0.29) is 11.7 Å². The molecule has 1 N–H and O–H groups in total. The van der Waals surface area contributed by atoms with E-state index in [1.807, 2.05) is 6.07 Å². The van der Waals surface area contributed by atoms with Crippen molar-refractivity contribution in [1.29, 1.82) is 0 Å². The van der Waals surface area contributed by atoms with E-state index < -0.39 is 0 Å². The van der Waals surface area contributed by atoms with Crippen molar-refractivity contribution < 1.29 is 9.21 Å². The minimum Gasteiger partial charge on any atom is -0.459 e. The van der Waals surface area contributed by atoms with E-state index in [4.69, 9.17) is 4.42 Å². The fraction of sp³-hybridized carbons (Fsp3) is 0.211. The number of anilines is 3. The summed E-state index contributed by atoms with van der Waals surface area (Å²) < 4.78 is 5.10. The number of carbonyl (C=O) groups is 1. The molecule has 1 aliphatic heterocycles. The van der Waals surface area contributed by atoms with Gasteiger partial charge in [-0.3, -0.25) is 4.79 Å². The maximum Gasteiger partial charge on any atom is 0.292 e.